The molecule has 2 amide bonds. The van der Waals surface area contributed by atoms with E-state index in [2.05, 4.69) is 0 Å². The van der Waals surface area contributed by atoms with Crippen molar-refractivity contribution in [2.75, 3.05) is 13.1 Å². The van der Waals surface area contributed by atoms with Crippen LogP contribution >= 0.6 is 0 Å². The van der Waals surface area contributed by atoms with Crippen LogP contribution < -0.4 is 5.73 Å². The molecule has 0 aromatic heterocycles. The van der Waals surface area contributed by atoms with Crippen LogP contribution in [0.1, 0.15) is 44.0 Å². The summed E-state index contributed by atoms with van der Waals surface area (Å²) in [5.74, 6) is -2.01. The Morgan fingerprint density at radius 3 is 2.04 bits per heavy atom. The van der Waals surface area contributed by atoms with Crippen LogP contribution in [0.5, 0.6) is 0 Å². The highest BCUT2D eigenvalue weighted by Gasteiger charge is 2.29. The molecule has 7 nitrogen and oxygen atoms in total. The summed E-state index contributed by atoms with van der Waals surface area (Å²) in [5, 5.41) is 8.81. The second kappa shape index (κ2) is 9.17. The number of hydrogen-bond donors (Lipinski definition) is 2. The zero-order valence-electron chi connectivity index (χ0n) is 15.2. The molecule has 26 heavy (non-hydrogen) atoms. The van der Waals surface area contributed by atoms with Gasteiger partial charge < -0.3 is 20.5 Å². The van der Waals surface area contributed by atoms with E-state index in [0.717, 1.165) is 0 Å². The van der Waals surface area contributed by atoms with Gasteiger partial charge in [-0.05, 0) is 57.9 Å². The molecule has 1 saturated heterocycles. The molecular formula is C18H25FN2O5. The Labute approximate surface area is 151 Å². The van der Waals surface area contributed by atoms with Crippen LogP contribution in [-0.4, -0.2) is 46.7 Å². The number of nitrogens with two attached hydrogens (primary N) is 1. The number of piperidine rings is 1. The summed E-state index contributed by atoms with van der Waals surface area (Å²) >= 11 is 0. The van der Waals surface area contributed by atoms with Crippen LogP contribution in [0.4, 0.5) is 9.18 Å². The van der Waals surface area contributed by atoms with Crippen LogP contribution in [0.15, 0.2) is 24.3 Å². The van der Waals surface area contributed by atoms with Crippen LogP contribution in [0.2, 0.25) is 0 Å². The predicted molar refractivity (Wildman–Crippen MR) is 93.1 cm³/mol. The fourth-order valence-corrected chi connectivity index (χ4v) is 2.25. The number of nitrogens with zero attached hydrogens (tertiary/aromatic N) is 1. The first-order chi connectivity index (χ1) is 12.0. The molecule has 1 fully saturated rings. The van der Waals surface area contributed by atoms with E-state index in [1.807, 2.05) is 20.8 Å². The quantitative estimate of drug-likeness (QED) is 0.834. The van der Waals surface area contributed by atoms with Crippen molar-refractivity contribution >= 4 is 18.0 Å². The van der Waals surface area contributed by atoms with Gasteiger partial charge >= 0.3 is 12.1 Å². The van der Waals surface area contributed by atoms with Gasteiger partial charge in [0.1, 0.15) is 11.4 Å². The van der Waals surface area contributed by atoms with E-state index >= 15 is 0 Å². The minimum atomic E-state index is -0.774. The number of hydrogen-bond acceptors (Lipinski definition) is 4. The first kappa shape index (κ1) is 21.4. The van der Waals surface area contributed by atoms with Gasteiger partial charge in [0.15, 0.2) is 0 Å². The second-order valence-electron chi connectivity index (χ2n) is 6.95. The molecule has 0 unspecified atom stereocenters. The van der Waals surface area contributed by atoms with Crippen LogP contribution in [-0.2, 0) is 9.53 Å². The van der Waals surface area contributed by atoms with Gasteiger partial charge in [-0.25, -0.2) is 9.18 Å². The third-order valence-electron chi connectivity index (χ3n) is 3.62. The minimum absolute atomic E-state index is 0.321. The SMILES string of the molecule is CC(C)(C)OC(=O)N1CCC(C(=O)O)CC1.NC(=O)c1ccc(F)cc1. The summed E-state index contributed by atoms with van der Waals surface area (Å²) in [5.41, 5.74) is 4.72. The Bertz CT molecular complexity index is 632. The molecule has 1 aliphatic rings. The number of carboxylic acids is 1. The lowest BCUT2D eigenvalue weighted by Gasteiger charge is -2.32. The summed E-state index contributed by atoms with van der Waals surface area (Å²) in [6.45, 7) is 6.37. The number of carbonyl (C=O) groups is 3. The van der Waals surface area contributed by atoms with Gasteiger partial charge in [0.05, 0.1) is 5.92 Å². The van der Waals surface area contributed by atoms with E-state index in [1.165, 1.54) is 24.3 Å². The number of carbonyl (C=O) groups excluding carboxylic acids is 2. The minimum Gasteiger partial charge on any atom is -0.481 e. The standard InChI is InChI=1S/C11H19NO4.C7H6FNO/c1-11(2,3)16-10(15)12-6-4-8(5-7-12)9(13)14;8-6-3-1-5(2-4-6)7(9)10/h8H,4-7H2,1-3H3,(H,13,14);1-4H,(H2,9,10). The van der Waals surface area contributed by atoms with Crippen molar-refractivity contribution in [1.29, 1.82) is 0 Å². The number of halogens is 1. The Morgan fingerprint density at radius 1 is 1.15 bits per heavy atom. The van der Waals surface area contributed by atoms with Gasteiger partial charge in [-0.15, -0.1) is 0 Å². The number of rotatable bonds is 2. The summed E-state index contributed by atoms with van der Waals surface area (Å²) in [4.78, 5) is 34.4. The normalized spacial score (nSPS) is 14.8. The molecule has 2 rings (SSSR count). The van der Waals surface area contributed by atoms with Crippen molar-refractivity contribution in [3.05, 3.63) is 35.6 Å². The van der Waals surface area contributed by atoms with Gasteiger partial charge in [0.2, 0.25) is 5.91 Å². The topological polar surface area (TPSA) is 110 Å². The molecule has 0 bridgehead atoms. The molecule has 0 spiro atoms. The van der Waals surface area contributed by atoms with Crippen molar-refractivity contribution < 1.29 is 28.6 Å². The molecule has 1 heterocycles. The lowest BCUT2D eigenvalue weighted by Crippen LogP contribution is -2.42. The van der Waals surface area contributed by atoms with Crippen LogP contribution in [0.3, 0.4) is 0 Å². The van der Waals surface area contributed by atoms with Crippen molar-refractivity contribution in [1.82, 2.24) is 4.90 Å². The summed E-state index contributed by atoms with van der Waals surface area (Å²) < 4.78 is 17.4. The fourth-order valence-electron chi connectivity index (χ4n) is 2.25. The molecule has 3 N–H and O–H groups in total. The molecule has 0 atom stereocenters. The van der Waals surface area contributed by atoms with E-state index in [-0.39, 0.29) is 17.8 Å². The largest absolute Gasteiger partial charge is 0.481 e. The smallest absolute Gasteiger partial charge is 0.410 e. The van der Waals surface area contributed by atoms with E-state index in [4.69, 9.17) is 15.6 Å². The summed E-state index contributed by atoms with van der Waals surface area (Å²) in [6.07, 6.45) is 0.666. The average molecular weight is 368 g/mol. The second-order valence-corrected chi connectivity index (χ2v) is 6.95. The highest BCUT2D eigenvalue weighted by Crippen LogP contribution is 2.19. The Morgan fingerprint density at radius 2 is 1.65 bits per heavy atom. The van der Waals surface area contributed by atoms with Gasteiger partial charge in [-0.1, -0.05) is 0 Å². The maximum atomic E-state index is 12.2. The molecular weight excluding hydrogens is 343 g/mol. The van der Waals surface area contributed by atoms with E-state index in [0.29, 0.717) is 31.5 Å². The zero-order chi connectivity index (χ0) is 19.9. The number of amides is 2. The molecule has 0 aliphatic carbocycles. The maximum absolute atomic E-state index is 12.2. The predicted octanol–water partition coefficient (Wildman–Crippen LogP) is 2.64. The molecule has 1 aromatic carbocycles. The number of primary amides is 1. The van der Waals surface area contributed by atoms with Crippen molar-refractivity contribution in [2.45, 2.75) is 39.2 Å². The number of aliphatic carboxylic acids is 1. The summed E-state index contributed by atoms with van der Waals surface area (Å²) in [6, 6.07) is 5.08. The molecule has 8 heteroatoms. The third kappa shape index (κ3) is 7.50. The summed E-state index contributed by atoms with van der Waals surface area (Å²) in [7, 11) is 0. The van der Waals surface area contributed by atoms with E-state index < -0.39 is 17.5 Å². The number of benzene rings is 1. The molecule has 0 radical (unpaired) electrons. The number of carboxylic acid groups (broad SMARTS) is 1. The van der Waals surface area contributed by atoms with Gasteiger partial charge in [-0.3, -0.25) is 9.59 Å². The lowest BCUT2D eigenvalue weighted by molar-refractivity contribution is -0.143. The molecule has 1 aromatic rings. The Balaban J connectivity index is 0.000000289. The number of likely N-dealkylation sites (tertiary alicyclic amines) is 1. The van der Waals surface area contributed by atoms with Crippen molar-refractivity contribution in [3.63, 3.8) is 0 Å². The monoisotopic (exact) mass is 368 g/mol. The maximum Gasteiger partial charge on any atom is 0.410 e. The Hall–Kier alpha value is -2.64. The van der Waals surface area contributed by atoms with Crippen molar-refractivity contribution in [2.24, 2.45) is 11.7 Å². The third-order valence-corrected chi connectivity index (χ3v) is 3.62. The highest BCUT2D eigenvalue weighted by atomic mass is 19.1. The van der Waals surface area contributed by atoms with Gasteiger partial charge in [0, 0.05) is 18.7 Å². The van der Waals surface area contributed by atoms with Crippen LogP contribution in [0.25, 0.3) is 0 Å². The molecule has 144 valence electrons. The van der Waals surface area contributed by atoms with Crippen molar-refractivity contribution in [3.8, 4) is 0 Å². The van der Waals surface area contributed by atoms with Gasteiger partial charge in [-0.2, -0.15) is 0 Å². The van der Waals surface area contributed by atoms with E-state index in [1.54, 1.807) is 4.90 Å². The van der Waals surface area contributed by atoms with Crippen LogP contribution in [0, 0.1) is 11.7 Å². The first-order valence-electron chi connectivity index (χ1n) is 8.25. The fraction of sp³-hybridized carbons (Fsp3) is 0.500. The zero-order valence-corrected chi connectivity index (χ0v) is 15.2. The highest BCUT2D eigenvalue weighted by molar-refractivity contribution is 5.92. The van der Waals surface area contributed by atoms with E-state index in [9.17, 15) is 18.8 Å². The molecule has 1 aliphatic heterocycles. The average Bonchev–Trinajstić information content (AvgIpc) is 2.54. The Kier molecular flexibility index (Phi) is 7.55. The first-order valence-corrected chi connectivity index (χ1v) is 8.25. The molecule has 0 saturated carbocycles. The number of ether oxygens (including phenoxy) is 1. The van der Waals surface area contributed by atoms with Gasteiger partial charge in [0.25, 0.3) is 0 Å². The lowest BCUT2D eigenvalue weighted by atomic mass is 9.97.